The quantitative estimate of drug-likeness (QED) is 0.422. The van der Waals surface area contributed by atoms with E-state index in [1.165, 1.54) is 24.4 Å². The van der Waals surface area contributed by atoms with Gasteiger partial charge in [0.15, 0.2) is 11.3 Å². The highest BCUT2D eigenvalue weighted by molar-refractivity contribution is 6.36. The van der Waals surface area contributed by atoms with Gasteiger partial charge in [0.1, 0.15) is 18.1 Å². The lowest BCUT2D eigenvalue weighted by Gasteiger charge is -2.13. The van der Waals surface area contributed by atoms with Gasteiger partial charge in [-0.1, -0.05) is 28.4 Å². The van der Waals surface area contributed by atoms with Gasteiger partial charge in [-0.05, 0) is 18.2 Å². The summed E-state index contributed by atoms with van der Waals surface area (Å²) < 4.78 is 50.2. The second-order valence-electron chi connectivity index (χ2n) is 6.58. The number of nitrogens with zero attached hydrogens (tertiary/aromatic N) is 5. The number of nitrogens with two attached hydrogens (primary N) is 1. The van der Waals surface area contributed by atoms with Crippen LogP contribution in [0.25, 0.3) is 28.6 Å². The van der Waals surface area contributed by atoms with Crippen molar-refractivity contribution in [2.24, 2.45) is 5.73 Å². The molecule has 0 radical (unpaired) electrons. The van der Waals surface area contributed by atoms with E-state index in [-0.39, 0.29) is 52.1 Å². The number of hydrogen-bond acceptors (Lipinski definition) is 8. The van der Waals surface area contributed by atoms with Gasteiger partial charge < -0.3 is 20.1 Å². The summed E-state index contributed by atoms with van der Waals surface area (Å²) in [5.41, 5.74) is 5.14. The first kappa shape index (κ1) is 22.3. The lowest BCUT2D eigenvalue weighted by atomic mass is 10.2. The third-order valence-corrected chi connectivity index (χ3v) is 4.81. The topological polar surface area (TPSA) is 125 Å². The van der Waals surface area contributed by atoms with Crippen LogP contribution < -0.4 is 10.5 Å². The number of ether oxygens (including phenoxy) is 1. The van der Waals surface area contributed by atoms with Crippen molar-refractivity contribution < 1.29 is 27.5 Å². The molecule has 3 aromatic heterocycles. The maximum atomic E-state index is 12.9. The Hall–Kier alpha value is -2.93. The van der Waals surface area contributed by atoms with Gasteiger partial charge in [0.25, 0.3) is 5.89 Å². The van der Waals surface area contributed by atoms with Gasteiger partial charge in [0, 0.05) is 11.6 Å². The Balaban J connectivity index is 1.62. The molecule has 4 aromatic rings. The van der Waals surface area contributed by atoms with Gasteiger partial charge in [-0.3, -0.25) is 0 Å². The van der Waals surface area contributed by atoms with Gasteiger partial charge in [-0.15, -0.1) is 0 Å². The number of benzene rings is 1. The fourth-order valence-electron chi connectivity index (χ4n) is 2.63. The maximum absolute atomic E-state index is 12.9. The van der Waals surface area contributed by atoms with Crippen LogP contribution in [0, 0.1) is 0 Å². The van der Waals surface area contributed by atoms with Gasteiger partial charge in [-0.2, -0.15) is 23.3 Å². The molecule has 1 atom stereocenters. The molecule has 0 spiro atoms. The third kappa shape index (κ3) is 4.48. The summed E-state index contributed by atoms with van der Waals surface area (Å²) in [7, 11) is 0. The zero-order chi connectivity index (χ0) is 23.0. The minimum Gasteiger partial charge on any atom is -0.490 e. The highest BCUT2D eigenvalue weighted by Crippen LogP contribution is 2.36. The molecule has 0 aliphatic carbocycles. The first-order valence-electron chi connectivity index (χ1n) is 8.92. The molecule has 0 saturated carbocycles. The zero-order valence-electron chi connectivity index (χ0n) is 15.8. The van der Waals surface area contributed by atoms with E-state index >= 15 is 0 Å². The summed E-state index contributed by atoms with van der Waals surface area (Å²) >= 11 is 12.5. The predicted octanol–water partition coefficient (Wildman–Crippen LogP) is 3.47. The van der Waals surface area contributed by atoms with E-state index in [0.29, 0.717) is 5.56 Å². The average Bonchev–Trinajstić information content (AvgIpc) is 3.39. The molecular formula is C18H13Cl2F3N6O3. The van der Waals surface area contributed by atoms with Crippen LogP contribution in [0.4, 0.5) is 13.2 Å². The summed E-state index contributed by atoms with van der Waals surface area (Å²) in [5, 5.41) is 16.7. The number of aromatic nitrogens is 5. The molecule has 0 aliphatic heterocycles. The standard InChI is InChI=1S/C18H13Cl2F3N6O3/c19-10-4-13(31-7-8(24)6-30)11(20)3-9(10)16-26-17(32-28-16)12-5-29-15(25-12)2-1-14(27-29)18(21,22)23/h1-5,8,30H,6-7,24H2/t8-/m0/s1. The fraction of sp³-hybridized carbons (Fsp3) is 0.222. The van der Waals surface area contributed by atoms with Crippen LogP contribution in [0.5, 0.6) is 5.75 Å². The Bertz CT molecular complexity index is 1280. The molecule has 0 saturated heterocycles. The van der Waals surface area contributed by atoms with Crippen LogP contribution in [0.3, 0.4) is 0 Å². The molecule has 4 rings (SSSR count). The van der Waals surface area contributed by atoms with Gasteiger partial charge in [0.2, 0.25) is 5.82 Å². The highest BCUT2D eigenvalue weighted by atomic mass is 35.5. The Labute approximate surface area is 187 Å². The minimum atomic E-state index is -4.59. The molecule has 32 heavy (non-hydrogen) atoms. The lowest BCUT2D eigenvalue weighted by molar-refractivity contribution is -0.141. The lowest BCUT2D eigenvalue weighted by Crippen LogP contribution is -2.31. The number of fused-ring (bicyclic) bond motifs is 1. The van der Waals surface area contributed by atoms with E-state index in [0.717, 1.165) is 10.6 Å². The molecule has 14 heteroatoms. The SMILES string of the molecule is N[C@@H](CO)COc1cc(Cl)c(-c2noc(-c3cn4nc(C(F)(F)F)ccc4n3)n2)cc1Cl. The summed E-state index contributed by atoms with van der Waals surface area (Å²) in [6.45, 7) is -0.235. The Morgan fingerprint density at radius 1 is 1.19 bits per heavy atom. The number of alkyl halides is 3. The van der Waals surface area contributed by atoms with E-state index < -0.39 is 17.9 Å². The normalized spacial score (nSPS) is 13.0. The molecule has 0 fully saturated rings. The smallest absolute Gasteiger partial charge is 0.435 e. The molecule has 0 unspecified atom stereocenters. The van der Waals surface area contributed by atoms with Crippen molar-refractivity contribution in [1.82, 2.24) is 24.7 Å². The monoisotopic (exact) mass is 488 g/mol. The van der Waals surface area contributed by atoms with Crippen LogP contribution in [0.2, 0.25) is 10.0 Å². The van der Waals surface area contributed by atoms with Crippen molar-refractivity contribution >= 4 is 28.8 Å². The van der Waals surface area contributed by atoms with Crippen LogP contribution in [-0.4, -0.2) is 49.1 Å². The summed E-state index contributed by atoms with van der Waals surface area (Å²) in [6.07, 6.45) is -3.36. The highest BCUT2D eigenvalue weighted by Gasteiger charge is 2.33. The molecule has 9 nitrogen and oxygen atoms in total. The zero-order valence-corrected chi connectivity index (χ0v) is 17.4. The van der Waals surface area contributed by atoms with Crippen molar-refractivity contribution in [2.45, 2.75) is 12.2 Å². The molecule has 3 N–H and O–H groups in total. The van der Waals surface area contributed by atoms with Crippen molar-refractivity contribution in [1.29, 1.82) is 0 Å². The minimum absolute atomic E-state index is 0.0240. The van der Waals surface area contributed by atoms with Crippen LogP contribution in [0.1, 0.15) is 5.69 Å². The third-order valence-electron chi connectivity index (χ3n) is 4.21. The van der Waals surface area contributed by atoms with Gasteiger partial charge in [-0.25, -0.2) is 9.50 Å². The van der Waals surface area contributed by atoms with Crippen LogP contribution in [-0.2, 0) is 6.18 Å². The van der Waals surface area contributed by atoms with E-state index in [9.17, 15) is 13.2 Å². The molecule has 0 aliphatic rings. The van der Waals surface area contributed by atoms with Crippen molar-refractivity contribution in [2.75, 3.05) is 13.2 Å². The predicted molar refractivity (Wildman–Crippen MR) is 107 cm³/mol. The average molecular weight is 489 g/mol. The second kappa shape index (κ2) is 8.54. The van der Waals surface area contributed by atoms with Crippen molar-refractivity contribution in [3.63, 3.8) is 0 Å². The van der Waals surface area contributed by atoms with E-state index in [4.69, 9.17) is 43.3 Å². The number of aliphatic hydroxyl groups excluding tert-OH is 1. The largest absolute Gasteiger partial charge is 0.490 e. The summed E-state index contributed by atoms with van der Waals surface area (Å²) in [5.74, 6) is 0.270. The molecule has 168 valence electrons. The number of hydrogen-bond donors (Lipinski definition) is 2. The summed E-state index contributed by atoms with van der Waals surface area (Å²) in [6, 6.07) is 4.31. The van der Waals surface area contributed by atoms with Crippen LogP contribution in [0.15, 0.2) is 35.0 Å². The Morgan fingerprint density at radius 3 is 2.69 bits per heavy atom. The van der Waals surface area contributed by atoms with E-state index in [2.05, 4.69) is 20.2 Å². The number of halogens is 5. The van der Waals surface area contributed by atoms with Crippen molar-refractivity contribution in [3.05, 3.63) is 46.2 Å². The van der Waals surface area contributed by atoms with E-state index in [1.54, 1.807) is 0 Å². The second-order valence-corrected chi connectivity index (χ2v) is 7.40. The van der Waals surface area contributed by atoms with Gasteiger partial charge >= 0.3 is 6.18 Å². The molecule has 1 aromatic carbocycles. The van der Waals surface area contributed by atoms with Crippen molar-refractivity contribution in [3.8, 4) is 28.7 Å². The molecule has 3 heterocycles. The fourth-order valence-corrected chi connectivity index (χ4v) is 3.09. The maximum Gasteiger partial charge on any atom is 0.435 e. The summed E-state index contributed by atoms with van der Waals surface area (Å²) in [4.78, 5) is 8.34. The molecule has 0 amide bonds. The van der Waals surface area contributed by atoms with E-state index in [1.807, 2.05) is 0 Å². The number of aliphatic hydroxyl groups is 1. The number of imidazole rings is 1. The van der Waals surface area contributed by atoms with Crippen LogP contribution >= 0.6 is 23.2 Å². The molecule has 0 bridgehead atoms. The number of rotatable bonds is 6. The van der Waals surface area contributed by atoms with Gasteiger partial charge in [0.05, 0.1) is 28.9 Å². The Morgan fingerprint density at radius 2 is 1.97 bits per heavy atom. The first-order chi connectivity index (χ1) is 15.2. The Kier molecular flexibility index (Phi) is 5.95. The molecular weight excluding hydrogens is 476 g/mol. The first-order valence-corrected chi connectivity index (χ1v) is 9.67.